The summed E-state index contributed by atoms with van der Waals surface area (Å²) in [7, 11) is 1.72. The Morgan fingerprint density at radius 3 is 3.13 bits per heavy atom. The fraction of sp³-hybridized carbons (Fsp3) is 0.308. The molecule has 1 N–H and O–H groups in total. The first-order valence-electron chi connectivity index (χ1n) is 5.38. The average Bonchev–Trinajstić information content (AvgIpc) is 2.67. The Balaban J connectivity index is 2.31. The van der Waals surface area contributed by atoms with Gasteiger partial charge in [0.15, 0.2) is 0 Å². The van der Waals surface area contributed by atoms with E-state index in [1.807, 2.05) is 6.07 Å². The molecule has 15 heavy (non-hydrogen) atoms. The van der Waals surface area contributed by atoms with Crippen molar-refractivity contribution in [2.75, 3.05) is 7.11 Å². The minimum absolute atomic E-state index is 0.946. The molecule has 3 rings (SSSR count). The minimum atomic E-state index is 0.946. The number of rotatable bonds is 1. The first-order chi connectivity index (χ1) is 7.40. The molecule has 1 heterocycles. The third-order valence-electron chi connectivity index (χ3n) is 3.16. The SMILES string of the molecule is COc1cccc2c3c([nH]c12)CC[CH]C3. The molecule has 0 spiro atoms. The summed E-state index contributed by atoms with van der Waals surface area (Å²) < 4.78 is 5.36. The van der Waals surface area contributed by atoms with Crippen LogP contribution in [0.3, 0.4) is 0 Å². The van der Waals surface area contributed by atoms with Crippen LogP contribution in [0, 0.1) is 6.42 Å². The highest BCUT2D eigenvalue weighted by molar-refractivity contribution is 5.89. The van der Waals surface area contributed by atoms with Gasteiger partial charge in [-0.05, 0) is 37.3 Å². The highest BCUT2D eigenvalue weighted by Gasteiger charge is 2.16. The maximum atomic E-state index is 5.36. The molecule has 0 atom stereocenters. The zero-order chi connectivity index (χ0) is 10.3. The Labute approximate surface area is 89.3 Å². The van der Waals surface area contributed by atoms with Gasteiger partial charge in [0.2, 0.25) is 0 Å². The lowest BCUT2D eigenvalue weighted by Crippen LogP contribution is -2.00. The molecule has 0 saturated heterocycles. The second-order valence-electron chi connectivity index (χ2n) is 4.00. The third-order valence-corrected chi connectivity index (χ3v) is 3.16. The molecule has 1 aliphatic carbocycles. The normalized spacial score (nSPS) is 15.3. The molecule has 0 unspecified atom stereocenters. The van der Waals surface area contributed by atoms with Crippen molar-refractivity contribution in [1.29, 1.82) is 0 Å². The van der Waals surface area contributed by atoms with Crippen molar-refractivity contribution in [1.82, 2.24) is 4.98 Å². The van der Waals surface area contributed by atoms with Gasteiger partial charge in [-0.1, -0.05) is 12.1 Å². The third kappa shape index (κ3) is 1.24. The summed E-state index contributed by atoms with van der Waals surface area (Å²) in [6.07, 6.45) is 5.76. The molecule has 1 aromatic heterocycles. The maximum absolute atomic E-state index is 5.36. The molecular weight excluding hydrogens is 186 g/mol. The summed E-state index contributed by atoms with van der Waals surface area (Å²) in [5, 5.41) is 1.32. The summed E-state index contributed by atoms with van der Waals surface area (Å²) in [5.74, 6) is 0.946. The van der Waals surface area contributed by atoms with Crippen molar-refractivity contribution >= 4 is 10.9 Å². The number of methoxy groups -OCH3 is 1. The smallest absolute Gasteiger partial charge is 0.142 e. The van der Waals surface area contributed by atoms with Crippen LogP contribution < -0.4 is 4.74 Å². The van der Waals surface area contributed by atoms with E-state index in [2.05, 4.69) is 23.5 Å². The van der Waals surface area contributed by atoms with Crippen LogP contribution in [0.25, 0.3) is 10.9 Å². The Kier molecular flexibility index (Phi) is 1.94. The van der Waals surface area contributed by atoms with Crippen LogP contribution in [0.4, 0.5) is 0 Å². The van der Waals surface area contributed by atoms with Crippen molar-refractivity contribution in [2.45, 2.75) is 19.3 Å². The quantitative estimate of drug-likeness (QED) is 0.752. The lowest BCUT2D eigenvalue weighted by atomic mass is 9.96. The van der Waals surface area contributed by atoms with Gasteiger partial charge in [-0.3, -0.25) is 0 Å². The zero-order valence-electron chi connectivity index (χ0n) is 8.84. The van der Waals surface area contributed by atoms with Crippen LogP contribution in [-0.2, 0) is 12.8 Å². The summed E-state index contributed by atoms with van der Waals surface area (Å²) in [6.45, 7) is 0. The van der Waals surface area contributed by atoms with E-state index in [1.54, 1.807) is 7.11 Å². The number of hydrogen-bond acceptors (Lipinski definition) is 1. The molecule has 2 nitrogen and oxygen atoms in total. The number of fused-ring (bicyclic) bond motifs is 3. The summed E-state index contributed by atoms with van der Waals surface area (Å²) in [4.78, 5) is 3.49. The van der Waals surface area contributed by atoms with E-state index in [9.17, 15) is 0 Å². The first kappa shape index (κ1) is 8.84. The van der Waals surface area contributed by atoms with Crippen LogP contribution in [0.2, 0.25) is 0 Å². The monoisotopic (exact) mass is 200 g/mol. The van der Waals surface area contributed by atoms with E-state index in [1.165, 1.54) is 23.1 Å². The molecule has 1 aliphatic rings. The van der Waals surface area contributed by atoms with E-state index in [0.717, 1.165) is 24.1 Å². The predicted molar refractivity (Wildman–Crippen MR) is 61.2 cm³/mol. The van der Waals surface area contributed by atoms with Crippen molar-refractivity contribution < 1.29 is 4.74 Å². The minimum Gasteiger partial charge on any atom is -0.495 e. The summed E-state index contributed by atoms with van der Waals surface area (Å²) >= 11 is 0. The van der Waals surface area contributed by atoms with Crippen LogP contribution in [0.5, 0.6) is 5.75 Å². The first-order valence-corrected chi connectivity index (χ1v) is 5.38. The summed E-state index contributed by atoms with van der Waals surface area (Å²) in [6, 6.07) is 6.24. The molecule has 2 aromatic rings. The van der Waals surface area contributed by atoms with Gasteiger partial charge in [-0.2, -0.15) is 0 Å². The average molecular weight is 200 g/mol. The van der Waals surface area contributed by atoms with Crippen molar-refractivity contribution in [3.63, 3.8) is 0 Å². The topological polar surface area (TPSA) is 25.0 Å². The van der Waals surface area contributed by atoms with Gasteiger partial charge in [-0.25, -0.2) is 0 Å². The Hall–Kier alpha value is -1.44. The van der Waals surface area contributed by atoms with Gasteiger partial charge in [-0.15, -0.1) is 0 Å². The van der Waals surface area contributed by atoms with Crippen LogP contribution in [0.1, 0.15) is 17.7 Å². The molecule has 0 aliphatic heterocycles. The number of ether oxygens (including phenoxy) is 1. The summed E-state index contributed by atoms with van der Waals surface area (Å²) in [5.41, 5.74) is 3.99. The van der Waals surface area contributed by atoms with Gasteiger partial charge >= 0.3 is 0 Å². The fourth-order valence-corrected chi connectivity index (χ4v) is 2.41. The van der Waals surface area contributed by atoms with Gasteiger partial charge in [0.1, 0.15) is 5.75 Å². The number of benzene rings is 1. The molecule has 0 saturated carbocycles. The maximum Gasteiger partial charge on any atom is 0.142 e. The number of hydrogen-bond donors (Lipinski definition) is 1. The van der Waals surface area contributed by atoms with Gasteiger partial charge < -0.3 is 9.72 Å². The van der Waals surface area contributed by atoms with E-state index in [0.29, 0.717) is 0 Å². The van der Waals surface area contributed by atoms with E-state index in [4.69, 9.17) is 4.74 Å². The molecule has 0 bridgehead atoms. The lowest BCUT2D eigenvalue weighted by molar-refractivity contribution is 0.419. The Morgan fingerprint density at radius 2 is 2.27 bits per heavy atom. The number of nitrogens with one attached hydrogen (secondary N) is 1. The fourth-order valence-electron chi connectivity index (χ4n) is 2.41. The van der Waals surface area contributed by atoms with Gasteiger partial charge in [0.25, 0.3) is 0 Å². The predicted octanol–water partition coefficient (Wildman–Crippen LogP) is 2.87. The molecule has 1 aromatic carbocycles. The second kappa shape index (κ2) is 3.30. The molecular formula is C13H14NO. The second-order valence-corrected chi connectivity index (χ2v) is 4.00. The molecule has 0 amide bonds. The molecule has 77 valence electrons. The Morgan fingerprint density at radius 1 is 1.33 bits per heavy atom. The van der Waals surface area contributed by atoms with Crippen molar-refractivity contribution in [3.05, 3.63) is 35.9 Å². The highest BCUT2D eigenvalue weighted by Crippen LogP contribution is 2.33. The largest absolute Gasteiger partial charge is 0.495 e. The lowest BCUT2D eigenvalue weighted by Gasteiger charge is -2.09. The van der Waals surface area contributed by atoms with Crippen LogP contribution in [-0.4, -0.2) is 12.1 Å². The Bertz CT molecular complexity index is 498. The number of aryl methyl sites for hydroxylation is 1. The molecule has 1 radical (unpaired) electrons. The van der Waals surface area contributed by atoms with E-state index >= 15 is 0 Å². The van der Waals surface area contributed by atoms with Crippen LogP contribution >= 0.6 is 0 Å². The molecule has 0 fully saturated rings. The number of aromatic nitrogens is 1. The standard InChI is InChI=1S/C13H14NO/c1-15-12-8-4-6-10-9-5-2-3-7-11(9)14-13(10)12/h2,4,6,8,14H,3,5,7H2,1H3. The number of para-hydroxylation sites is 1. The van der Waals surface area contributed by atoms with Crippen LogP contribution in [0.15, 0.2) is 18.2 Å². The highest BCUT2D eigenvalue weighted by atomic mass is 16.5. The van der Waals surface area contributed by atoms with Gasteiger partial charge in [0, 0.05) is 11.1 Å². The number of aromatic amines is 1. The van der Waals surface area contributed by atoms with Crippen molar-refractivity contribution in [2.24, 2.45) is 0 Å². The zero-order valence-corrected chi connectivity index (χ0v) is 8.84. The number of H-pyrrole nitrogens is 1. The van der Waals surface area contributed by atoms with Gasteiger partial charge in [0.05, 0.1) is 12.6 Å². The van der Waals surface area contributed by atoms with E-state index in [-0.39, 0.29) is 0 Å². The van der Waals surface area contributed by atoms with E-state index < -0.39 is 0 Å². The molecule has 2 heteroatoms. The van der Waals surface area contributed by atoms with Crippen molar-refractivity contribution in [3.8, 4) is 5.75 Å².